The van der Waals surface area contributed by atoms with Gasteiger partial charge in [-0.05, 0) is 52.7 Å². The first-order valence-electron chi connectivity index (χ1n) is 9.39. The molecule has 1 fully saturated rings. The molecule has 0 aromatic heterocycles. The van der Waals surface area contributed by atoms with E-state index in [1.807, 2.05) is 48.7 Å². The van der Waals surface area contributed by atoms with E-state index < -0.39 is 0 Å². The lowest BCUT2D eigenvalue weighted by atomic mass is 10.1. The van der Waals surface area contributed by atoms with Gasteiger partial charge in [0.05, 0.1) is 18.9 Å². The number of hydrogen-bond donors (Lipinski definition) is 0. The number of ether oxygens (including phenoxy) is 2. The Morgan fingerprint density at radius 1 is 1.00 bits per heavy atom. The van der Waals surface area contributed by atoms with Gasteiger partial charge in [-0.3, -0.25) is 9.79 Å². The second kappa shape index (κ2) is 8.67. The Balaban J connectivity index is 1.34. The summed E-state index contributed by atoms with van der Waals surface area (Å²) in [5, 5.41) is 2.38. The lowest BCUT2D eigenvalue weighted by molar-refractivity contribution is -0.137. The molecule has 1 aliphatic rings. The normalized spacial score (nSPS) is 14.5. The van der Waals surface area contributed by atoms with Gasteiger partial charge in [0.15, 0.2) is 6.61 Å². The first-order valence-corrected chi connectivity index (χ1v) is 9.39. The number of hydrogen-bond acceptors (Lipinski definition) is 4. The molecule has 4 rings (SSSR count). The fraction of sp³-hybridized carbons (Fsp3) is 0.217. The van der Waals surface area contributed by atoms with Crippen molar-refractivity contribution in [1.29, 1.82) is 0 Å². The van der Waals surface area contributed by atoms with E-state index in [2.05, 4.69) is 29.3 Å². The summed E-state index contributed by atoms with van der Waals surface area (Å²) in [4.78, 5) is 18.4. The zero-order valence-corrected chi connectivity index (χ0v) is 15.6. The minimum Gasteiger partial charge on any atom is -0.484 e. The van der Waals surface area contributed by atoms with Crippen molar-refractivity contribution in [2.24, 2.45) is 4.99 Å². The summed E-state index contributed by atoms with van der Waals surface area (Å²) >= 11 is 0. The third-order valence-corrected chi connectivity index (χ3v) is 4.70. The first-order chi connectivity index (χ1) is 13.8. The highest BCUT2D eigenvalue weighted by Crippen LogP contribution is 2.21. The summed E-state index contributed by atoms with van der Waals surface area (Å²) in [6, 6.07) is 21.9. The van der Waals surface area contributed by atoms with Crippen molar-refractivity contribution in [3.05, 3.63) is 72.3 Å². The fourth-order valence-corrected chi connectivity index (χ4v) is 3.11. The second-order valence-electron chi connectivity index (χ2n) is 6.64. The quantitative estimate of drug-likeness (QED) is 0.638. The van der Waals surface area contributed by atoms with Crippen molar-refractivity contribution >= 4 is 28.6 Å². The molecule has 3 aromatic carbocycles. The van der Waals surface area contributed by atoms with Gasteiger partial charge in [0.25, 0.3) is 5.91 Å². The van der Waals surface area contributed by atoms with Crippen LogP contribution in [0.25, 0.3) is 10.8 Å². The average Bonchev–Trinajstić information content (AvgIpc) is 2.77. The third-order valence-electron chi connectivity index (χ3n) is 4.70. The van der Waals surface area contributed by atoms with Crippen LogP contribution in [0.1, 0.15) is 5.56 Å². The predicted octanol–water partition coefficient (Wildman–Crippen LogP) is 3.83. The maximum atomic E-state index is 12.1. The molecule has 0 unspecified atom stereocenters. The highest BCUT2D eigenvalue weighted by atomic mass is 16.5. The Hall–Kier alpha value is -3.18. The van der Waals surface area contributed by atoms with Crippen molar-refractivity contribution in [2.45, 2.75) is 0 Å². The SMILES string of the molecule is O=C(COc1ccc(C=Nc2ccc3ccccc3c2)cc1)N1CCOCC1. The van der Waals surface area contributed by atoms with Crippen molar-refractivity contribution in [3.63, 3.8) is 0 Å². The molecule has 142 valence electrons. The molecule has 1 amide bonds. The minimum absolute atomic E-state index is 0.00903. The lowest BCUT2D eigenvalue weighted by Gasteiger charge is -2.26. The average molecular weight is 374 g/mol. The Morgan fingerprint density at radius 3 is 2.54 bits per heavy atom. The van der Waals surface area contributed by atoms with E-state index in [0.29, 0.717) is 32.1 Å². The van der Waals surface area contributed by atoms with Gasteiger partial charge in [-0.2, -0.15) is 0 Å². The van der Waals surface area contributed by atoms with E-state index in [1.165, 1.54) is 10.8 Å². The van der Waals surface area contributed by atoms with Crippen LogP contribution >= 0.6 is 0 Å². The topological polar surface area (TPSA) is 51.1 Å². The number of fused-ring (bicyclic) bond motifs is 1. The first kappa shape index (κ1) is 18.2. The Bertz CT molecular complexity index is 977. The summed E-state index contributed by atoms with van der Waals surface area (Å²) in [5.74, 6) is 0.662. The molecule has 1 saturated heterocycles. The number of carbonyl (C=O) groups is 1. The van der Waals surface area contributed by atoms with Crippen LogP contribution in [0.3, 0.4) is 0 Å². The number of carbonyl (C=O) groups excluding carboxylic acids is 1. The van der Waals surface area contributed by atoms with Gasteiger partial charge >= 0.3 is 0 Å². The second-order valence-corrected chi connectivity index (χ2v) is 6.64. The summed E-state index contributed by atoms with van der Waals surface area (Å²) in [7, 11) is 0. The van der Waals surface area contributed by atoms with Crippen molar-refractivity contribution in [3.8, 4) is 5.75 Å². The van der Waals surface area contributed by atoms with Gasteiger partial charge in [-0.25, -0.2) is 0 Å². The van der Waals surface area contributed by atoms with Gasteiger partial charge in [0, 0.05) is 19.3 Å². The molecule has 1 aliphatic heterocycles. The van der Waals surface area contributed by atoms with Gasteiger partial charge in [-0.15, -0.1) is 0 Å². The highest BCUT2D eigenvalue weighted by Gasteiger charge is 2.16. The van der Waals surface area contributed by atoms with Crippen molar-refractivity contribution < 1.29 is 14.3 Å². The molecule has 0 aliphatic carbocycles. The van der Waals surface area contributed by atoms with E-state index >= 15 is 0 Å². The van der Waals surface area contributed by atoms with Crippen LogP contribution in [0.2, 0.25) is 0 Å². The predicted molar refractivity (Wildman–Crippen MR) is 111 cm³/mol. The van der Waals surface area contributed by atoms with Crippen molar-refractivity contribution in [2.75, 3.05) is 32.9 Å². The molecular weight excluding hydrogens is 352 g/mol. The van der Waals surface area contributed by atoms with Crippen LogP contribution in [0.5, 0.6) is 5.75 Å². The molecule has 5 heteroatoms. The van der Waals surface area contributed by atoms with E-state index in [1.54, 1.807) is 4.90 Å². The minimum atomic E-state index is -0.00903. The fourth-order valence-electron chi connectivity index (χ4n) is 3.11. The van der Waals surface area contributed by atoms with Gasteiger partial charge in [-0.1, -0.05) is 30.3 Å². The van der Waals surface area contributed by atoms with Crippen LogP contribution in [-0.2, 0) is 9.53 Å². The largest absolute Gasteiger partial charge is 0.484 e. The highest BCUT2D eigenvalue weighted by molar-refractivity contribution is 5.87. The van der Waals surface area contributed by atoms with E-state index in [0.717, 1.165) is 11.3 Å². The van der Waals surface area contributed by atoms with Gasteiger partial charge in [0.1, 0.15) is 5.75 Å². The molecule has 0 N–H and O–H groups in total. The van der Waals surface area contributed by atoms with Gasteiger partial charge < -0.3 is 14.4 Å². The zero-order chi connectivity index (χ0) is 19.2. The number of nitrogens with zero attached hydrogens (tertiary/aromatic N) is 2. The molecule has 0 radical (unpaired) electrons. The number of aliphatic imine (C=N–C) groups is 1. The Kier molecular flexibility index (Phi) is 5.64. The number of rotatable bonds is 5. The summed E-state index contributed by atoms with van der Waals surface area (Å²) in [6.07, 6.45) is 1.83. The van der Waals surface area contributed by atoms with Crippen molar-refractivity contribution in [1.82, 2.24) is 4.90 Å². The maximum absolute atomic E-state index is 12.1. The van der Waals surface area contributed by atoms with Crippen LogP contribution in [0.4, 0.5) is 5.69 Å². The van der Waals surface area contributed by atoms with Gasteiger partial charge in [0.2, 0.25) is 0 Å². The number of benzene rings is 3. The third kappa shape index (κ3) is 4.56. The summed E-state index contributed by atoms with van der Waals surface area (Å²) in [6.45, 7) is 2.50. The van der Waals surface area contributed by atoms with Crippen LogP contribution in [-0.4, -0.2) is 49.9 Å². The van der Waals surface area contributed by atoms with Crippen LogP contribution in [0, 0.1) is 0 Å². The maximum Gasteiger partial charge on any atom is 0.260 e. The molecule has 5 nitrogen and oxygen atoms in total. The standard InChI is InChI=1S/C23H22N2O3/c26-23(25-11-13-27-14-12-25)17-28-22-9-5-18(6-10-22)16-24-21-8-7-19-3-1-2-4-20(19)15-21/h1-10,15-16H,11-14,17H2. The van der Waals surface area contributed by atoms with E-state index in [4.69, 9.17) is 9.47 Å². The summed E-state index contributed by atoms with van der Waals surface area (Å²) < 4.78 is 10.9. The molecule has 0 spiro atoms. The molecule has 1 heterocycles. The molecular formula is C23H22N2O3. The van der Waals surface area contributed by atoms with Crippen LogP contribution < -0.4 is 4.74 Å². The molecule has 3 aromatic rings. The molecule has 0 saturated carbocycles. The summed E-state index contributed by atoms with van der Waals surface area (Å²) in [5.41, 5.74) is 1.88. The Labute approximate surface area is 164 Å². The zero-order valence-electron chi connectivity index (χ0n) is 15.6. The number of amides is 1. The monoisotopic (exact) mass is 374 g/mol. The number of morpholine rings is 1. The molecule has 0 bridgehead atoms. The smallest absolute Gasteiger partial charge is 0.260 e. The lowest BCUT2D eigenvalue weighted by Crippen LogP contribution is -2.42. The van der Waals surface area contributed by atoms with E-state index in [-0.39, 0.29) is 12.5 Å². The Morgan fingerprint density at radius 2 is 1.75 bits per heavy atom. The molecule has 28 heavy (non-hydrogen) atoms. The van der Waals surface area contributed by atoms with E-state index in [9.17, 15) is 4.79 Å². The van der Waals surface area contributed by atoms with Crippen LogP contribution in [0.15, 0.2) is 71.7 Å². The molecule has 0 atom stereocenters.